The Kier molecular flexibility index (Phi) is 4.83. The van der Waals surface area contributed by atoms with E-state index in [9.17, 15) is 4.79 Å². The van der Waals surface area contributed by atoms with E-state index in [1.165, 1.54) is 0 Å². The average molecular weight is 348 g/mol. The molecule has 0 aliphatic heterocycles. The molecule has 0 bridgehead atoms. The average Bonchev–Trinajstić information content (AvgIpc) is 2.42. The van der Waals surface area contributed by atoms with Gasteiger partial charge in [0.15, 0.2) is 0 Å². The zero-order chi connectivity index (χ0) is 14.5. The van der Waals surface area contributed by atoms with Crippen molar-refractivity contribution in [3.05, 3.63) is 58.1 Å². The standard InChI is InChI=1S/C15H10BrNO2S/c16-14-8-13(6-3-11(14)7-15(18)19)20-12-4-1-10(9-17)2-5-12/h1-6,8H,7H2,(H,18,19). The summed E-state index contributed by atoms with van der Waals surface area (Å²) in [6, 6.07) is 15.0. The molecule has 2 aromatic carbocycles. The number of carboxylic acids is 1. The molecule has 1 N–H and O–H groups in total. The van der Waals surface area contributed by atoms with Crippen LogP contribution in [0.15, 0.2) is 56.7 Å². The second-order valence-electron chi connectivity index (χ2n) is 4.06. The van der Waals surface area contributed by atoms with Gasteiger partial charge in [0.2, 0.25) is 0 Å². The van der Waals surface area contributed by atoms with Crippen molar-refractivity contribution in [2.45, 2.75) is 16.2 Å². The maximum absolute atomic E-state index is 10.7. The molecule has 0 aliphatic carbocycles. The van der Waals surface area contributed by atoms with E-state index in [4.69, 9.17) is 10.4 Å². The molecule has 0 aliphatic rings. The number of aliphatic carboxylic acids is 1. The third-order valence-electron chi connectivity index (χ3n) is 2.59. The van der Waals surface area contributed by atoms with Crippen LogP contribution in [-0.2, 0) is 11.2 Å². The number of hydrogen-bond donors (Lipinski definition) is 1. The van der Waals surface area contributed by atoms with Gasteiger partial charge >= 0.3 is 5.97 Å². The van der Waals surface area contributed by atoms with Gasteiger partial charge in [-0.2, -0.15) is 5.26 Å². The number of benzene rings is 2. The fraction of sp³-hybridized carbons (Fsp3) is 0.0667. The molecule has 0 saturated heterocycles. The van der Waals surface area contributed by atoms with E-state index in [0.717, 1.165) is 19.8 Å². The Bertz CT molecular complexity index is 677. The number of hydrogen-bond acceptors (Lipinski definition) is 3. The van der Waals surface area contributed by atoms with Crippen molar-refractivity contribution in [1.29, 1.82) is 5.26 Å². The highest BCUT2D eigenvalue weighted by atomic mass is 79.9. The summed E-state index contributed by atoms with van der Waals surface area (Å²) in [4.78, 5) is 12.7. The van der Waals surface area contributed by atoms with E-state index < -0.39 is 5.97 Å². The quantitative estimate of drug-likeness (QED) is 0.904. The van der Waals surface area contributed by atoms with Crippen molar-refractivity contribution in [3.8, 4) is 6.07 Å². The molecule has 2 rings (SSSR count). The number of carbonyl (C=O) groups is 1. The van der Waals surface area contributed by atoms with Crippen LogP contribution in [0.2, 0.25) is 0 Å². The third-order valence-corrected chi connectivity index (χ3v) is 4.32. The predicted molar refractivity (Wildman–Crippen MR) is 80.8 cm³/mol. The molecule has 0 amide bonds. The van der Waals surface area contributed by atoms with Crippen LogP contribution in [0.1, 0.15) is 11.1 Å². The monoisotopic (exact) mass is 347 g/mol. The zero-order valence-electron chi connectivity index (χ0n) is 10.3. The van der Waals surface area contributed by atoms with Gasteiger partial charge in [-0.15, -0.1) is 0 Å². The maximum atomic E-state index is 10.7. The maximum Gasteiger partial charge on any atom is 0.307 e. The van der Waals surface area contributed by atoms with Gasteiger partial charge in [-0.3, -0.25) is 4.79 Å². The van der Waals surface area contributed by atoms with Crippen molar-refractivity contribution in [2.75, 3.05) is 0 Å². The molecule has 0 atom stereocenters. The Morgan fingerprint density at radius 2 is 1.85 bits per heavy atom. The zero-order valence-corrected chi connectivity index (χ0v) is 12.7. The fourth-order valence-electron chi connectivity index (χ4n) is 1.63. The number of nitrogens with zero attached hydrogens (tertiary/aromatic N) is 1. The second-order valence-corrected chi connectivity index (χ2v) is 6.06. The van der Waals surface area contributed by atoms with Gasteiger partial charge in [0.05, 0.1) is 18.1 Å². The van der Waals surface area contributed by atoms with Gasteiger partial charge in [-0.1, -0.05) is 33.8 Å². The van der Waals surface area contributed by atoms with Crippen molar-refractivity contribution in [2.24, 2.45) is 0 Å². The Labute approximate surface area is 129 Å². The molecule has 0 fully saturated rings. The van der Waals surface area contributed by atoms with E-state index in [1.807, 2.05) is 30.3 Å². The van der Waals surface area contributed by atoms with Gasteiger partial charge < -0.3 is 5.11 Å². The van der Waals surface area contributed by atoms with Crippen molar-refractivity contribution in [3.63, 3.8) is 0 Å². The molecule has 0 unspecified atom stereocenters. The van der Waals surface area contributed by atoms with Gasteiger partial charge in [0, 0.05) is 14.3 Å². The van der Waals surface area contributed by atoms with Crippen LogP contribution in [0.3, 0.4) is 0 Å². The van der Waals surface area contributed by atoms with Crippen LogP contribution in [0.25, 0.3) is 0 Å². The summed E-state index contributed by atoms with van der Waals surface area (Å²) >= 11 is 4.95. The second kappa shape index (κ2) is 6.60. The lowest BCUT2D eigenvalue weighted by Crippen LogP contribution is -2.00. The minimum absolute atomic E-state index is 0.00238. The van der Waals surface area contributed by atoms with Crippen LogP contribution in [-0.4, -0.2) is 11.1 Å². The minimum Gasteiger partial charge on any atom is -0.481 e. The van der Waals surface area contributed by atoms with Crippen LogP contribution in [0.4, 0.5) is 0 Å². The Balaban J connectivity index is 2.15. The smallest absolute Gasteiger partial charge is 0.307 e. The van der Waals surface area contributed by atoms with E-state index in [-0.39, 0.29) is 6.42 Å². The molecule has 5 heteroatoms. The highest BCUT2D eigenvalue weighted by molar-refractivity contribution is 9.10. The molecule has 20 heavy (non-hydrogen) atoms. The lowest BCUT2D eigenvalue weighted by atomic mass is 10.1. The van der Waals surface area contributed by atoms with Crippen LogP contribution >= 0.6 is 27.7 Å². The summed E-state index contributed by atoms with van der Waals surface area (Å²) in [5.74, 6) is -0.849. The molecular weight excluding hydrogens is 338 g/mol. The highest BCUT2D eigenvalue weighted by Gasteiger charge is 2.07. The first kappa shape index (κ1) is 14.6. The molecule has 100 valence electrons. The molecule has 3 nitrogen and oxygen atoms in total. The van der Waals surface area contributed by atoms with Gasteiger partial charge in [-0.25, -0.2) is 0 Å². The first-order chi connectivity index (χ1) is 9.58. The molecule has 0 aromatic heterocycles. The van der Waals surface area contributed by atoms with E-state index >= 15 is 0 Å². The lowest BCUT2D eigenvalue weighted by molar-refractivity contribution is -0.136. The highest BCUT2D eigenvalue weighted by Crippen LogP contribution is 2.31. The van der Waals surface area contributed by atoms with E-state index in [1.54, 1.807) is 23.9 Å². The van der Waals surface area contributed by atoms with E-state index in [2.05, 4.69) is 22.0 Å². The molecule has 0 radical (unpaired) electrons. The Hall–Kier alpha value is -1.77. The van der Waals surface area contributed by atoms with Crippen molar-refractivity contribution >= 4 is 33.7 Å². The lowest BCUT2D eigenvalue weighted by Gasteiger charge is -2.06. The normalized spacial score (nSPS) is 10.0. The van der Waals surface area contributed by atoms with Crippen LogP contribution in [0.5, 0.6) is 0 Å². The molecular formula is C15H10BrNO2S. The molecule has 0 heterocycles. The predicted octanol–water partition coefficient (Wildman–Crippen LogP) is 4.10. The summed E-state index contributed by atoms with van der Waals surface area (Å²) < 4.78 is 0.790. The largest absolute Gasteiger partial charge is 0.481 e. The summed E-state index contributed by atoms with van der Waals surface area (Å²) in [7, 11) is 0. The summed E-state index contributed by atoms with van der Waals surface area (Å²) in [5.41, 5.74) is 1.38. The first-order valence-electron chi connectivity index (χ1n) is 5.77. The molecule has 0 spiro atoms. The molecule has 2 aromatic rings. The van der Waals surface area contributed by atoms with Crippen LogP contribution < -0.4 is 0 Å². The van der Waals surface area contributed by atoms with Gasteiger partial charge in [-0.05, 0) is 42.0 Å². The van der Waals surface area contributed by atoms with Gasteiger partial charge in [0.25, 0.3) is 0 Å². The Morgan fingerprint density at radius 1 is 1.20 bits per heavy atom. The number of nitriles is 1. The number of rotatable bonds is 4. The molecule has 0 saturated carbocycles. The summed E-state index contributed by atoms with van der Waals surface area (Å²) in [6.45, 7) is 0. The minimum atomic E-state index is -0.849. The number of carboxylic acid groups (broad SMARTS) is 1. The van der Waals surface area contributed by atoms with Crippen molar-refractivity contribution < 1.29 is 9.90 Å². The number of halogens is 1. The Morgan fingerprint density at radius 3 is 2.40 bits per heavy atom. The van der Waals surface area contributed by atoms with Crippen molar-refractivity contribution in [1.82, 2.24) is 0 Å². The van der Waals surface area contributed by atoms with E-state index in [0.29, 0.717) is 5.56 Å². The fourth-order valence-corrected chi connectivity index (χ4v) is 3.16. The summed E-state index contributed by atoms with van der Waals surface area (Å²) in [6.07, 6.45) is 0.00238. The topological polar surface area (TPSA) is 61.1 Å². The SMILES string of the molecule is N#Cc1ccc(Sc2ccc(CC(=O)O)c(Br)c2)cc1. The van der Waals surface area contributed by atoms with Gasteiger partial charge in [0.1, 0.15) is 0 Å². The summed E-state index contributed by atoms with van der Waals surface area (Å²) in [5, 5.41) is 17.5. The third kappa shape index (κ3) is 3.86. The van der Waals surface area contributed by atoms with Crippen LogP contribution in [0, 0.1) is 11.3 Å². The first-order valence-corrected chi connectivity index (χ1v) is 7.37.